The summed E-state index contributed by atoms with van der Waals surface area (Å²) in [5.74, 6) is -1.55. The third-order valence-corrected chi connectivity index (χ3v) is 5.25. The second-order valence-electron chi connectivity index (χ2n) is 6.74. The highest BCUT2D eigenvalue weighted by molar-refractivity contribution is 5.77. The normalized spacial score (nSPS) is 25.3. The van der Waals surface area contributed by atoms with Gasteiger partial charge in [-0.05, 0) is 63.4 Å². The molecule has 0 aromatic heterocycles. The maximum Gasteiger partial charge on any atom is 0.223 e. The van der Waals surface area contributed by atoms with Crippen molar-refractivity contribution < 1.29 is 13.6 Å². The number of rotatable bonds is 4. The second-order valence-corrected chi connectivity index (χ2v) is 6.74. The summed E-state index contributed by atoms with van der Waals surface area (Å²) in [4.78, 5) is 17.0. The summed E-state index contributed by atoms with van der Waals surface area (Å²) in [6.45, 7) is 1.93. The molecule has 1 aromatic carbocycles. The summed E-state index contributed by atoms with van der Waals surface area (Å²) in [7, 11) is 2.14. The quantitative estimate of drug-likeness (QED) is 0.851. The van der Waals surface area contributed by atoms with Gasteiger partial charge in [-0.1, -0.05) is 6.07 Å². The molecule has 0 radical (unpaired) electrons. The van der Waals surface area contributed by atoms with Crippen molar-refractivity contribution in [3.8, 4) is 0 Å². The average Bonchev–Trinajstić information content (AvgIpc) is 3.16. The van der Waals surface area contributed by atoms with Crippen molar-refractivity contribution >= 4 is 5.91 Å². The van der Waals surface area contributed by atoms with Gasteiger partial charge in [-0.25, -0.2) is 8.78 Å². The zero-order valence-electron chi connectivity index (χ0n) is 13.6. The van der Waals surface area contributed by atoms with Gasteiger partial charge in [-0.15, -0.1) is 0 Å². The van der Waals surface area contributed by atoms with Crippen LogP contribution < -0.4 is 0 Å². The van der Waals surface area contributed by atoms with Crippen molar-refractivity contribution in [2.45, 2.75) is 50.6 Å². The van der Waals surface area contributed by atoms with Crippen LogP contribution in [0, 0.1) is 11.6 Å². The molecule has 2 aliphatic heterocycles. The molecule has 2 unspecified atom stereocenters. The summed E-state index contributed by atoms with van der Waals surface area (Å²) in [5, 5.41) is 0. The molecule has 0 N–H and O–H groups in total. The van der Waals surface area contributed by atoms with Gasteiger partial charge in [0, 0.05) is 25.0 Å². The molecule has 0 spiro atoms. The van der Waals surface area contributed by atoms with E-state index in [0.29, 0.717) is 30.5 Å². The number of hydrogen-bond donors (Lipinski definition) is 0. The highest BCUT2D eigenvalue weighted by Gasteiger charge is 2.37. The molecule has 2 atom stereocenters. The lowest BCUT2D eigenvalue weighted by Gasteiger charge is -2.33. The molecule has 0 aliphatic carbocycles. The molecule has 2 aliphatic rings. The van der Waals surface area contributed by atoms with Crippen LogP contribution in [0.25, 0.3) is 0 Å². The maximum atomic E-state index is 13.2. The van der Waals surface area contributed by atoms with Gasteiger partial charge in [0.15, 0.2) is 11.6 Å². The van der Waals surface area contributed by atoms with Crippen LogP contribution in [0.2, 0.25) is 0 Å². The number of carbonyl (C=O) groups is 1. The van der Waals surface area contributed by atoms with Crippen LogP contribution in [0.5, 0.6) is 0 Å². The Hall–Kier alpha value is -1.49. The first-order valence-corrected chi connectivity index (χ1v) is 8.50. The Bertz CT molecular complexity index is 578. The zero-order chi connectivity index (χ0) is 16.4. The Morgan fingerprint density at radius 2 is 1.87 bits per heavy atom. The number of likely N-dealkylation sites (tertiary alicyclic amines) is 2. The van der Waals surface area contributed by atoms with Gasteiger partial charge in [-0.2, -0.15) is 0 Å². The van der Waals surface area contributed by atoms with E-state index in [0.717, 1.165) is 38.4 Å². The standard InChI is InChI=1S/C18H24F2N2O/c1-21-10-2-4-16(21)17-5-3-11-22(17)18(23)9-7-13-6-8-14(19)15(20)12-13/h6,8,12,16-17H,2-5,7,9-11H2,1H3. The van der Waals surface area contributed by atoms with Gasteiger partial charge < -0.3 is 9.80 Å². The van der Waals surface area contributed by atoms with E-state index in [1.165, 1.54) is 12.5 Å². The lowest BCUT2D eigenvalue weighted by atomic mass is 10.0. The van der Waals surface area contributed by atoms with E-state index in [4.69, 9.17) is 0 Å². The Morgan fingerprint density at radius 1 is 1.13 bits per heavy atom. The molecule has 1 amide bonds. The number of amides is 1. The predicted octanol–water partition coefficient (Wildman–Crippen LogP) is 2.98. The smallest absolute Gasteiger partial charge is 0.223 e. The summed E-state index contributed by atoms with van der Waals surface area (Å²) in [6, 6.07) is 4.67. The molecule has 5 heteroatoms. The first kappa shape index (κ1) is 16.4. The second kappa shape index (κ2) is 6.95. The van der Waals surface area contributed by atoms with E-state index in [2.05, 4.69) is 11.9 Å². The lowest BCUT2D eigenvalue weighted by molar-refractivity contribution is -0.132. The SMILES string of the molecule is CN1CCCC1C1CCCN1C(=O)CCc1ccc(F)c(F)c1. The number of nitrogens with zero attached hydrogens (tertiary/aromatic N) is 2. The summed E-state index contributed by atoms with van der Waals surface area (Å²) < 4.78 is 26.2. The van der Waals surface area contributed by atoms with Crippen LogP contribution >= 0.6 is 0 Å². The largest absolute Gasteiger partial charge is 0.338 e. The van der Waals surface area contributed by atoms with Crippen LogP contribution in [0.3, 0.4) is 0 Å². The number of likely N-dealkylation sites (N-methyl/N-ethyl adjacent to an activating group) is 1. The van der Waals surface area contributed by atoms with Crippen LogP contribution in [0.15, 0.2) is 18.2 Å². The number of hydrogen-bond acceptors (Lipinski definition) is 2. The first-order valence-electron chi connectivity index (χ1n) is 8.50. The van der Waals surface area contributed by atoms with Crippen molar-refractivity contribution in [3.63, 3.8) is 0 Å². The molecule has 2 heterocycles. The van der Waals surface area contributed by atoms with Gasteiger partial charge in [0.25, 0.3) is 0 Å². The molecule has 2 fully saturated rings. The number of aryl methyl sites for hydroxylation is 1. The fourth-order valence-electron chi connectivity index (χ4n) is 4.01. The minimum absolute atomic E-state index is 0.137. The van der Waals surface area contributed by atoms with Gasteiger partial charge in [0.05, 0.1) is 0 Å². The minimum Gasteiger partial charge on any atom is -0.338 e. The summed E-state index contributed by atoms with van der Waals surface area (Å²) in [6.07, 6.45) is 5.32. The van der Waals surface area contributed by atoms with Crippen molar-refractivity contribution in [1.82, 2.24) is 9.80 Å². The van der Waals surface area contributed by atoms with Crippen molar-refractivity contribution in [1.29, 1.82) is 0 Å². The average molecular weight is 322 g/mol. The Morgan fingerprint density at radius 3 is 2.57 bits per heavy atom. The highest BCUT2D eigenvalue weighted by Crippen LogP contribution is 2.29. The number of carbonyl (C=O) groups excluding carboxylic acids is 1. The van der Waals surface area contributed by atoms with E-state index in [1.54, 1.807) is 6.07 Å². The molecule has 126 valence electrons. The first-order chi connectivity index (χ1) is 11.1. The zero-order valence-corrected chi connectivity index (χ0v) is 13.6. The molecule has 3 nitrogen and oxygen atoms in total. The third-order valence-electron chi connectivity index (χ3n) is 5.25. The van der Waals surface area contributed by atoms with Crippen molar-refractivity contribution in [2.24, 2.45) is 0 Å². The molecule has 2 saturated heterocycles. The van der Waals surface area contributed by atoms with E-state index in [-0.39, 0.29) is 5.91 Å². The van der Waals surface area contributed by atoms with Gasteiger partial charge >= 0.3 is 0 Å². The van der Waals surface area contributed by atoms with Crippen LogP contribution in [0.4, 0.5) is 8.78 Å². The van der Waals surface area contributed by atoms with Crippen molar-refractivity contribution in [2.75, 3.05) is 20.1 Å². The maximum absolute atomic E-state index is 13.2. The summed E-state index contributed by atoms with van der Waals surface area (Å²) >= 11 is 0. The number of halogens is 2. The van der Waals surface area contributed by atoms with E-state index in [1.807, 2.05) is 4.90 Å². The van der Waals surface area contributed by atoms with Crippen LogP contribution in [-0.4, -0.2) is 47.9 Å². The number of benzene rings is 1. The minimum atomic E-state index is -0.846. The Kier molecular flexibility index (Phi) is 4.95. The predicted molar refractivity (Wildman–Crippen MR) is 85.1 cm³/mol. The molecule has 0 bridgehead atoms. The van der Waals surface area contributed by atoms with Gasteiger partial charge in [0.1, 0.15) is 0 Å². The molecule has 23 heavy (non-hydrogen) atoms. The molecule has 0 saturated carbocycles. The Balaban J connectivity index is 1.59. The van der Waals surface area contributed by atoms with E-state index >= 15 is 0 Å². The summed E-state index contributed by atoms with van der Waals surface area (Å²) in [5.41, 5.74) is 0.672. The third kappa shape index (κ3) is 3.55. The lowest BCUT2D eigenvalue weighted by Crippen LogP contribution is -2.47. The highest BCUT2D eigenvalue weighted by atomic mass is 19.2. The molecule has 3 rings (SSSR count). The monoisotopic (exact) mass is 322 g/mol. The van der Waals surface area contributed by atoms with Gasteiger partial charge in [-0.3, -0.25) is 4.79 Å². The van der Waals surface area contributed by atoms with Crippen LogP contribution in [0.1, 0.15) is 37.7 Å². The molecular formula is C18H24F2N2O. The molecular weight excluding hydrogens is 298 g/mol. The fraction of sp³-hybridized carbons (Fsp3) is 0.611. The topological polar surface area (TPSA) is 23.6 Å². The van der Waals surface area contributed by atoms with Gasteiger partial charge in [0.2, 0.25) is 5.91 Å². The van der Waals surface area contributed by atoms with E-state index in [9.17, 15) is 13.6 Å². The Labute approximate surface area is 136 Å². The van der Waals surface area contributed by atoms with E-state index < -0.39 is 11.6 Å². The fourth-order valence-corrected chi connectivity index (χ4v) is 4.01. The van der Waals surface area contributed by atoms with Crippen molar-refractivity contribution in [3.05, 3.63) is 35.4 Å². The van der Waals surface area contributed by atoms with Crippen LogP contribution in [-0.2, 0) is 11.2 Å². The molecule has 1 aromatic rings.